The molecule has 0 unspecified atom stereocenters. The van der Waals surface area contributed by atoms with E-state index in [-0.39, 0.29) is 11.0 Å². The highest BCUT2D eigenvalue weighted by atomic mass is 32.2. The van der Waals surface area contributed by atoms with Gasteiger partial charge < -0.3 is 15.0 Å². The van der Waals surface area contributed by atoms with E-state index >= 15 is 0 Å². The van der Waals surface area contributed by atoms with Crippen molar-refractivity contribution in [3.63, 3.8) is 0 Å². The Morgan fingerprint density at radius 3 is 2.48 bits per heavy atom. The molecule has 4 rings (SSSR count). The van der Waals surface area contributed by atoms with Crippen LogP contribution >= 0.6 is 0 Å². The molecule has 1 aliphatic heterocycles. The van der Waals surface area contributed by atoms with E-state index < -0.39 is 10.0 Å². The molecule has 0 bridgehead atoms. The predicted octanol–water partition coefficient (Wildman–Crippen LogP) is 3.27. The molecule has 1 aromatic heterocycles. The van der Waals surface area contributed by atoms with Gasteiger partial charge in [-0.1, -0.05) is 12.1 Å². The molecule has 0 amide bonds. The minimum atomic E-state index is -3.73. The van der Waals surface area contributed by atoms with Crippen LogP contribution in [0, 0.1) is 0 Å². The van der Waals surface area contributed by atoms with Crippen LogP contribution in [-0.2, 0) is 10.0 Å². The van der Waals surface area contributed by atoms with Gasteiger partial charge in [0.25, 0.3) is 0 Å². The zero-order valence-corrected chi connectivity index (χ0v) is 18.5. The number of benzene rings is 2. The number of hydrogen-bond acceptors (Lipinski definition) is 7. The summed E-state index contributed by atoms with van der Waals surface area (Å²) in [5.74, 6) is 1.15. The van der Waals surface area contributed by atoms with Gasteiger partial charge in [-0.25, -0.2) is 23.5 Å². The summed E-state index contributed by atoms with van der Waals surface area (Å²) in [5, 5.41) is 9.15. The van der Waals surface area contributed by atoms with E-state index in [1.54, 1.807) is 18.3 Å². The second kappa shape index (κ2) is 8.78. The van der Waals surface area contributed by atoms with Gasteiger partial charge >= 0.3 is 0 Å². The number of anilines is 2. The number of aromatic nitrogens is 2. The van der Waals surface area contributed by atoms with Gasteiger partial charge in [0.05, 0.1) is 4.90 Å². The molecular weight excluding hydrogens is 414 g/mol. The molecular formula is C22H27N5O3S. The molecule has 1 saturated heterocycles. The van der Waals surface area contributed by atoms with E-state index in [0.29, 0.717) is 17.7 Å². The Hall–Kier alpha value is -2.75. The van der Waals surface area contributed by atoms with Crippen LogP contribution in [0.1, 0.15) is 26.7 Å². The van der Waals surface area contributed by atoms with Crippen LogP contribution in [0.15, 0.2) is 53.6 Å². The lowest BCUT2D eigenvalue weighted by Crippen LogP contribution is -2.41. The molecule has 1 fully saturated rings. The number of piperidine rings is 1. The van der Waals surface area contributed by atoms with Crippen LogP contribution in [0.25, 0.3) is 10.9 Å². The third-order valence-electron chi connectivity index (χ3n) is 5.51. The highest BCUT2D eigenvalue weighted by Gasteiger charge is 2.22. The molecule has 0 spiro atoms. The van der Waals surface area contributed by atoms with E-state index in [1.807, 2.05) is 18.2 Å². The standard InChI is InChI=1S/C22H27N5O3S/c1-15(2)27-12-10-18(11-13-27)30-20-5-3-4-16-14-24-22(26-21(16)20)25-17-6-8-19(9-7-17)31(23,28)29/h3-9,14-15,18H,10-13H2,1-2H3,(H2,23,28,29)(H,24,25,26). The topological polar surface area (TPSA) is 110 Å². The summed E-state index contributed by atoms with van der Waals surface area (Å²) in [5.41, 5.74) is 1.40. The van der Waals surface area contributed by atoms with Crippen molar-refractivity contribution >= 4 is 32.6 Å². The van der Waals surface area contributed by atoms with Crippen molar-refractivity contribution in [3.8, 4) is 5.75 Å². The minimum absolute atomic E-state index is 0.0525. The first-order chi connectivity index (χ1) is 14.8. The Kier molecular flexibility index (Phi) is 6.08. The van der Waals surface area contributed by atoms with Gasteiger partial charge in [-0.15, -0.1) is 0 Å². The van der Waals surface area contributed by atoms with Crippen LogP contribution in [0.4, 0.5) is 11.6 Å². The van der Waals surface area contributed by atoms with E-state index in [4.69, 9.17) is 9.88 Å². The fourth-order valence-corrected chi connectivity index (χ4v) is 4.25. The quantitative estimate of drug-likeness (QED) is 0.604. The smallest absolute Gasteiger partial charge is 0.238 e. The first-order valence-electron chi connectivity index (χ1n) is 10.4. The number of para-hydroxylation sites is 1. The number of sulfonamides is 1. The monoisotopic (exact) mass is 441 g/mol. The zero-order chi connectivity index (χ0) is 22.0. The summed E-state index contributed by atoms with van der Waals surface area (Å²) in [6.07, 6.45) is 3.89. The van der Waals surface area contributed by atoms with Crippen LogP contribution in [-0.4, -0.2) is 48.5 Å². The van der Waals surface area contributed by atoms with E-state index in [1.165, 1.54) is 12.1 Å². The van der Waals surface area contributed by atoms with E-state index in [9.17, 15) is 8.42 Å². The van der Waals surface area contributed by atoms with E-state index in [0.717, 1.165) is 42.6 Å². The number of nitrogens with zero attached hydrogens (tertiary/aromatic N) is 3. The lowest BCUT2D eigenvalue weighted by molar-refractivity contribution is 0.0852. The van der Waals surface area contributed by atoms with Gasteiger partial charge in [-0.05, 0) is 57.0 Å². The second-order valence-electron chi connectivity index (χ2n) is 8.03. The Balaban J connectivity index is 1.52. The maximum absolute atomic E-state index is 11.4. The molecule has 0 radical (unpaired) electrons. The Morgan fingerprint density at radius 2 is 1.84 bits per heavy atom. The number of likely N-dealkylation sites (tertiary alicyclic amines) is 1. The number of nitrogens with one attached hydrogen (secondary N) is 1. The number of rotatable bonds is 6. The average molecular weight is 442 g/mol. The molecule has 3 aromatic rings. The van der Waals surface area contributed by atoms with Gasteiger partial charge in [-0.2, -0.15) is 0 Å². The summed E-state index contributed by atoms with van der Waals surface area (Å²) in [6, 6.07) is 12.5. The number of fused-ring (bicyclic) bond motifs is 1. The summed E-state index contributed by atoms with van der Waals surface area (Å²) in [7, 11) is -3.73. The minimum Gasteiger partial charge on any atom is -0.488 e. The summed E-state index contributed by atoms with van der Waals surface area (Å²) >= 11 is 0. The highest BCUT2D eigenvalue weighted by Crippen LogP contribution is 2.28. The number of hydrogen-bond donors (Lipinski definition) is 2. The molecule has 1 aliphatic rings. The Morgan fingerprint density at radius 1 is 1.13 bits per heavy atom. The van der Waals surface area contributed by atoms with Gasteiger partial charge in [0.1, 0.15) is 17.4 Å². The maximum atomic E-state index is 11.4. The maximum Gasteiger partial charge on any atom is 0.238 e. The Labute approximate surface area is 182 Å². The van der Waals surface area contributed by atoms with Crippen molar-refractivity contribution < 1.29 is 13.2 Å². The van der Waals surface area contributed by atoms with Gasteiger partial charge in [0, 0.05) is 36.4 Å². The zero-order valence-electron chi connectivity index (χ0n) is 17.7. The third-order valence-corrected chi connectivity index (χ3v) is 6.44. The van der Waals surface area contributed by atoms with Crippen molar-refractivity contribution in [2.45, 2.75) is 43.7 Å². The third kappa shape index (κ3) is 5.12. The fourth-order valence-electron chi connectivity index (χ4n) is 3.73. The van der Waals surface area contributed by atoms with Crippen LogP contribution < -0.4 is 15.2 Å². The first-order valence-corrected chi connectivity index (χ1v) is 11.9. The van der Waals surface area contributed by atoms with Crippen molar-refractivity contribution in [3.05, 3.63) is 48.7 Å². The molecule has 0 saturated carbocycles. The van der Waals surface area contributed by atoms with Crippen molar-refractivity contribution in [2.75, 3.05) is 18.4 Å². The van der Waals surface area contributed by atoms with Crippen LogP contribution in [0.2, 0.25) is 0 Å². The molecule has 0 aliphatic carbocycles. The lowest BCUT2D eigenvalue weighted by atomic mass is 10.1. The van der Waals surface area contributed by atoms with Gasteiger partial charge in [-0.3, -0.25) is 0 Å². The summed E-state index contributed by atoms with van der Waals surface area (Å²) in [4.78, 5) is 11.5. The average Bonchev–Trinajstić information content (AvgIpc) is 2.74. The molecule has 2 aromatic carbocycles. The first kappa shape index (κ1) is 21.5. The number of primary sulfonamides is 1. The fraction of sp³-hybridized carbons (Fsp3) is 0.364. The van der Waals surface area contributed by atoms with Gasteiger partial charge in [0.15, 0.2) is 0 Å². The molecule has 31 heavy (non-hydrogen) atoms. The largest absolute Gasteiger partial charge is 0.488 e. The molecule has 8 nitrogen and oxygen atoms in total. The van der Waals surface area contributed by atoms with Crippen LogP contribution in [0.3, 0.4) is 0 Å². The lowest BCUT2D eigenvalue weighted by Gasteiger charge is -2.34. The summed E-state index contributed by atoms with van der Waals surface area (Å²) < 4.78 is 29.2. The molecule has 3 N–H and O–H groups in total. The normalized spacial score (nSPS) is 16.0. The van der Waals surface area contributed by atoms with Crippen molar-refractivity contribution in [1.29, 1.82) is 0 Å². The van der Waals surface area contributed by atoms with E-state index in [2.05, 4.69) is 34.0 Å². The van der Waals surface area contributed by atoms with Crippen molar-refractivity contribution in [1.82, 2.24) is 14.9 Å². The second-order valence-corrected chi connectivity index (χ2v) is 9.59. The molecule has 2 heterocycles. The molecule has 9 heteroatoms. The predicted molar refractivity (Wildman–Crippen MR) is 121 cm³/mol. The number of ether oxygens (including phenoxy) is 1. The van der Waals surface area contributed by atoms with Gasteiger partial charge in [0.2, 0.25) is 16.0 Å². The van der Waals surface area contributed by atoms with Crippen molar-refractivity contribution in [2.24, 2.45) is 5.14 Å². The molecule has 0 atom stereocenters. The Bertz CT molecular complexity index is 1160. The summed E-state index contributed by atoms with van der Waals surface area (Å²) in [6.45, 7) is 6.51. The number of nitrogens with two attached hydrogens (primary N) is 1. The SMILES string of the molecule is CC(C)N1CCC(Oc2cccc3cnc(Nc4ccc(S(N)(=O)=O)cc4)nc23)CC1. The van der Waals surface area contributed by atoms with Crippen LogP contribution in [0.5, 0.6) is 5.75 Å². The molecule has 164 valence electrons. The highest BCUT2D eigenvalue weighted by molar-refractivity contribution is 7.89.